The quantitative estimate of drug-likeness (QED) is 0.444. The van der Waals surface area contributed by atoms with Crippen LogP contribution in [-0.2, 0) is 9.59 Å². The second-order valence-electron chi connectivity index (χ2n) is 6.73. The Morgan fingerprint density at radius 2 is 1.48 bits per heavy atom. The van der Waals surface area contributed by atoms with Crippen LogP contribution in [0, 0.1) is 5.92 Å². The third-order valence-corrected chi connectivity index (χ3v) is 4.94. The van der Waals surface area contributed by atoms with Crippen LogP contribution >= 0.6 is 0 Å². The van der Waals surface area contributed by atoms with Crippen LogP contribution in [0.5, 0.6) is 5.75 Å². The van der Waals surface area contributed by atoms with E-state index in [1.54, 1.807) is 61.7 Å². The number of ketones is 1. The van der Waals surface area contributed by atoms with E-state index in [2.05, 4.69) is 0 Å². The number of hydrogen-bond acceptors (Lipinski definition) is 4. The van der Waals surface area contributed by atoms with Crippen LogP contribution in [0.15, 0.2) is 66.7 Å². The Hall–Kier alpha value is -3.67. The lowest BCUT2D eigenvalue weighted by molar-refractivity contribution is -0.155. The van der Waals surface area contributed by atoms with Crippen molar-refractivity contribution in [3.05, 3.63) is 77.9 Å². The highest BCUT2D eigenvalue weighted by molar-refractivity contribution is 6.02. The number of ether oxygens (including phenoxy) is 1. The molecule has 0 aromatic heterocycles. The van der Waals surface area contributed by atoms with Gasteiger partial charge in [-0.2, -0.15) is 0 Å². The van der Waals surface area contributed by atoms with Crippen LogP contribution < -0.4 is 4.74 Å². The number of hydrogen-bond donors (Lipinski definition) is 2. The van der Waals surface area contributed by atoms with Crippen LogP contribution in [0.3, 0.4) is 0 Å². The molecule has 0 radical (unpaired) electrons. The first-order valence-corrected chi connectivity index (χ1v) is 9.02. The topological polar surface area (TPSA) is 101 Å². The molecule has 0 saturated heterocycles. The van der Waals surface area contributed by atoms with Crippen LogP contribution in [0.1, 0.15) is 28.3 Å². The monoisotopic (exact) mass is 392 g/mol. The lowest BCUT2D eigenvalue weighted by Gasteiger charge is -2.21. The summed E-state index contributed by atoms with van der Waals surface area (Å²) in [4.78, 5) is 36.1. The Bertz CT molecular complexity index is 1040. The minimum absolute atomic E-state index is 0.227. The summed E-state index contributed by atoms with van der Waals surface area (Å²) >= 11 is 0. The zero-order valence-electron chi connectivity index (χ0n) is 15.7. The molecular weight excluding hydrogens is 372 g/mol. The average molecular weight is 392 g/mol. The summed E-state index contributed by atoms with van der Waals surface area (Å²) in [5, 5.41) is 20.6. The maximum atomic E-state index is 12.9. The fourth-order valence-electron chi connectivity index (χ4n) is 3.42. The summed E-state index contributed by atoms with van der Waals surface area (Å²) in [7, 11) is 1.57. The van der Waals surface area contributed by atoms with E-state index < -0.39 is 23.8 Å². The number of Topliss-reactive ketones (excluding diaryl/α,β-unsaturated/α-hetero) is 1. The fraction of sp³-hybridized carbons (Fsp3) is 0.174. The molecule has 1 unspecified atom stereocenters. The molecule has 3 aromatic carbocycles. The molecule has 0 amide bonds. The van der Waals surface area contributed by atoms with Crippen molar-refractivity contribution in [2.75, 3.05) is 7.11 Å². The number of benzene rings is 3. The number of carbonyl (C=O) groups is 3. The van der Waals surface area contributed by atoms with Gasteiger partial charge in [0.2, 0.25) is 0 Å². The second-order valence-corrected chi connectivity index (χ2v) is 6.73. The molecule has 0 fully saturated rings. The van der Waals surface area contributed by atoms with E-state index in [-0.39, 0.29) is 12.2 Å². The number of methoxy groups -OCH3 is 1. The maximum Gasteiger partial charge on any atom is 0.318 e. The van der Waals surface area contributed by atoms with E-state index in [0.717, 1.165) is 10.8 Å². The van der Waals surface area contributed by atoms with Crippen LogP contribution in [-0.4, -0.2) is 35.0 Å². The van der Waals surface area contributed by atoms with Gasteiger partial charge in [-0.15, -0.1) is 0 Å². The van der Waals surface area contributed by atoms with Gasteiger partial charge < -0.3 is 14.9 Å². The Morgan fingerprint density at radius 3 is 2.10 bits per heavy atom. The number of rotatable bonds is 8. The van der Waals surface area contributed by atoms with Crippen molar-refractivity contribution >= 4 is 28.5 Å². The van der Waals surface area contributed by atoms with Gasteiger partial charge in [-0.05, 0) is 34.5 Å². The number of carboxylic acids is 2. The maximum absolute atomic E-state index is 12.9. The summed E-state index contributed by atoms with van der Waals surface area (Å²) < 4.78 is 5.19. The summed E-state index contributed by atoms with van der Waals surface area (Å²) in [6.07, 6.45) is -0.227. The van der Waals surface area contributed by atoms with Gasteiger partial charge in [0.05, 0.1) is 7.11 Å². The molecule has 29 heavy (non-hydrogen) atoms. The van der Waals surface area contributed by atoms with Crippen molar-refractivity contribution in [2.24, 2.45) is 5.92 Å². The van der Waals surface area contributed by atoms with E-state index in [0.29, 0.717) is 16.9 Å². The number of aliphatic carboxylic acids is 2. The predicted octanol–water partition coefficient (Wildman–Crippen LogP) is 3.99. The van der Waals surface area contributed by atoms with Gasteiger partial charge in [-0.1, -0.05) is 48.5 Å². The van der Waals surface area contributed by atoms with Gasteiger partial charge in [0, 0.05) is 17.9 Å². The largest absolute Gasteiger partial charge is 0.497 e. The molecule has 1 atom stereocenters. The SMILES string of the molecule is COc1ccc2cc(C(=O)CC(c3ccccc3)C(C(=O)O)C(=O)O)ccc2c1. The smallest absolute Gasteiger partial charge is 0.318 e. The third-order valence-electron chi connectivity index (χ3n) is 4.94. The molecule has 6 heteroatoms. The Labute approximate surface area is 167 Å². The van der Waals surface area contributed by atoms with Crippen molar-refractivity contribution in [3.63, 3.8) is 0 Å². The minimum Gasteiger partial charge on any atom is -0.497 e. The van der Waals surface area contributed by atoms with E-state index in [9.17, 15) is 24.6 Å². The number of carboxylic acid groups (broad SMARTS) is 2. The molecule has 0 aliphatic carbocycles. The normalized spacial score (nSPS) is 11.9. The second kappa shape index (κ2) is 8.56. The van der Waals surface area contributed by atoms with Crippen molar-refractivity contribution in [2.45, 2.75) is 12.3 Å². The zero-order chi connectivity index (χ0) is 21.0. The minimum atomic E-state index is -1.72. The van der Waals surface area contributed by atoms with Gasteiger partial charge in [0.25, 0.3) is 0 Å². The molecule has 0 bridgehead atoms. The Balaban J connectivity index is 1.94. The van der Waals surface area contributed by atoms with Crippen LogP contribution in [0.25, 0.3) is 10.8 Å². The summed E-state index contributed by atoms with van der Waals surface area (Å²) in [5.74, 6) is -5.25. The first-order valence-electron chi connectivity index (χ1n) is 9.02. The average Bonchev–Trinajstić information content (AvgIpc) is 2.72. The van der Waals surface area contributed by atoms with Crippen LogP contribution in [0.2, 0.25) is 0 Å². The molecule has 0 saturated carbocycles. The number of carbonyl (C=O) groups excluding carboxylic acids is 1. The van der Waals surface area contributed by atoms with Gasteiger partial charge in [0.15, 0.2) is 11.7 Å². The van der Waals surface area contributed by atoms with Gasteiger partial charge in [-0.3, -0.25) is 14.4 Å². The summed E-state index contributed by atoms with van der Waals surface area (Å²) in [5.41, 5.74) is 0.902. The molecule has 148 valence electrons. The zero-order valence-corrected chi connectivity index (χ0v) is 15.7. The molecule has 0 aliphatic heterocycles. The van der Waals surface area contributed by atoms with Gasteiger partial charge in [0.1, 0.15) is 5.75 Å². The van der Waals surface area contributed by atoms with Crippen molar-refractivity contribution in [1.29, 1.82) is 0 Å². The predicted molar refractivity (Wildman–Crippen MR) is 107 cm³/mol. The van der Waals surface area contributed by atoms with Crippen molar-refractivity contribution in [3.8, 4) is 5.75 Å². The van der Waals surface area contributed by atoms with E-state index in [1.807, 2.05) is 12.1 Å². The van der Waals surface area contributed by atoms with E-state index in [4.69, 9.17) is 4.74 Å². The van der Waals surface area contributed by atoms with E-state index in [1.165, 1.54) is 0 Å². The van der Waals surface area contributed by atoms with E-state index >= 15 is 0 Å². The Morgan fingerprint density at radius 1 is 0.862 bits per heavy atom. The van der Waals surface area contributed by atoms with Gasteiger partial charge in [-0.25, -0.2) is 0 Å². The standard InChI is InChI=1S/C23H20O6/c1-29-18-10-9-15-11-17(8-7-16(15)12-18)20(24)13-19(14-5-3-2-4-6-14)21(22(25)26)23(27)28/h2-12,19,21H,13H2,1H3,(H,25,26)(H,27,28). The fourth-order valence-corrected chi connectivity index (χ4v) is 3.42. The third kappa shape index (κ3) is 4.43. The highest BCUT2D eigenvalue weighted by Gasteiger charge is 2.37. The van der Waals surface area contributed by atoms with Gasteiger partial charge >= 0.3 is 11.9 Å². The molecule has 2 N–H and O–H groups in total. The Kier molecular flexibility index (Phi) is 5.93. The first-order chi connectivity index (χ1) is 13.9. The van der Waals surface area contributed by atoms with Crippen molar-refractivity contribution < 1.29 is 29.3 Å². The van der Waals surface area contributed by atoms with Crippen molar-refractivity contribution in [1.82, 2.24) is 0 Å². The molecule has 0 heterocycles. The molecule has 6 nitrogen and oxygen atoms in total. The van der Waals surface area contributed by atoms with Crippen LogP contribution in [0.4, 0.5) is 0 Å². The molecule has 3 aromatic rings. The summed E-state index contributed by atoms with van der Waals surface area (Å²) in [6, 6.07) is 19.0. The molecular formula is C23H20O6. The highest BCUT2D eigenvalue weighted by Crippen LogP contribution is 2.31. The lowest BCUT2D eigenvalue weighted by atomic mass is 9.81. The molecule has 0 spiro atoms. The highest BCUT2D eigenvalue weighted by atomic mass is 16.5. The first kappa shape index (κ1) is 20.1. The molecule has 0 aliphatic rings. The lowest BCUT2D eigenvalue weighted by Crippen LogP contribution is -2.31. The number of fused-ring (bicyclic) bond motifs is 1. The summed E-state index contributed by atoms with van der Waals surface area (Å²) in [6.45, 7) is 0. The molecule has 3 rings (SSSR count).